The minimum atomic E-state index is -4.86. The summed E-state index contributed by atoms with van der Waals surface area (Å²) in [6, 6.07) is -2.52. The van der Waals surface area contributed by atoms with Gasteiger partial charge >= 0.3 is 34.3 Å². The molecule has 0 spiro atoms. The number of imidazole rings is 1. The van der Waals surface area contributed by atoms with Crippen LogP contribution in [0.25, 0.3) is 0 Å². The maximum absolute atomic E-state index is 13.0. The number of nitro groups is 1. The first kappa shape index (κ1) is 31.8. The normalized spacial score (nSPS) is 18.5. The lowest BCUT2D eigenvalue weighted by molar-refractivity contribution is -0.393. The van der Waals surface area contributed by atoms with Gasteiger partial charge in [-0.25, -0.2) is 23.9 Å². The van der Waals surface area contributed by atoms with Crippen LogP contribution in [0.5, 0.6) is 0 Å². The SMILES string of the molecule is CCOC(=O)C(OC(=O)C(C)O/N=C(\C(=O)N[C@@H]1C(=O)N(S(=O)(=O)O)[C@H]1C)c1csc(N)n1)n1c([N+](=O)[O-])cnc1C. The maximum Gasteiger partial charge on any atom is 0.394 e. The number of β-lactam (4-membered cyclic amide) rings is 1. The molecule has 0 radical (unpaired) electrons. The average Bonchev–Trinajstić information content (AvgIpc) is 3.50. The molecule has 1 fully saturated rings. The van der Waals surface area contributed by atoms with Crippen LogP contribution < -0.4 is 11.1 Å². The molecule has 0 bridgehead atoms. The number of nitrogen functional groups attached to an aromatic ring is 1. The summed E-state index contributed by atoms with van der Waals surface area (Å²) in [7, 11) is -4.86. The van der Waals surface area contributed by atoms with Crippen LogP contribution in [0.1, 0.15) is 38.5 Å². The van der Waals surface area contributed by atoms with Gasteiger partial charge in [0.15, 0.2) is 16.7 Å². The highest BCUT2D eigenvalue weighted by molar-refractivity contribution is 7.84. The fraction of sp³-hybridized carbons (Fsp3) is 0.450. The molecule has 20 nitrogen and oxygen atoms in total. The highest BCUT2D eigenvalue weighted by atomic mass is 32.2. The Morgan fingerprint density at radius 3 is 2.55 bits per heavy atom. The van der Waals surface area contributed by atoms with E-state index in [1.165, 1.54) is 26.2 Å². The quantitative estimate of drug-likeness (QED) is 0.0636. The predicted molar refractivity (Wildman–Crippen MR) is 139 cm³/mol. The molecule has 0 aliphatic carbocycles. The van der Waals surface area contributed by atoms with E-state index in [0.717, 1.165) is 29.0 Å². The number of oxime groups is 1. The first-order valence-corrected chi connectivity index (χ1v) is 14.0. The van der Waals surface area contributed by atoms with Crippen molar-refractivity contribution >= 4 is 62.1 Å². The van der Waals surface area contributed by atoms with Gasteiger partial charge in [-0.2, -0.15) is 13.0 Å². The van der Waals surface area contributed by atoms with Gasteiger partial charge in [0, 0.05) is 12.3 Å². The van der Waals surface area contributed by atoms with Crippen LogP contribution in [0.15, 0.2) is 16.7 Å². The Kier molecular flexibility index (Phi) is 9.43. The molecule has 1 saturated heterocycles. The number of hydrogen-bond donors (Lipinski definition) is 3. The third-order valence-corrected chi connectivity index (χ3v) is 7.27. The zero-order chi connectivity index (χ0) is 31.5. The van der Waals surface area contributed by atoms with Crippen LogP contribution in [-0.4, -0.2) is 91.0 Å². The molecule has 4 atom stereocenters. The van der Waals surface area contributed by atoms with Gasteiger partial charge in [0.1, 0.15) is 17.9 Å². The first-order valence-electron chi connectivity index (χ1n) is 11.7. The number of thiazole rings is 1. The number of aromatic nitrogens is 3. The van der Waals surface area contributed by atoms with Gasteiger partial charge < -0.3 is 35.5 Å². The van der Waals surface area contributed by atoms with E-state index in [0.29, 0.717) is 0 Å². The van der Waals surface area contributed by atoms with E-state index in [1.807, 2.05) is 0 Å². The fourth-order valence-electron chi connectivity index (χ4n) is 3.58. The van der Waals surface area contributed by atoms with Gasteiger partial charge in [0.05, 0.1) is 12.6 Å². The number of nitrogens with two attached hydrogens (primary N) is 1. The van der Waals surface area contributed by atoms with Crippen LogP contribution in [0, 0.1) is 17.0 Å². The Balaban J connectivity index is 1.82. The number of amides is 2. The molecule has 2 unspecified atom stereocenters. The summed E-state index contributed by atoms with van der Waals surface area (Å²) in [5.74, 6) is -5.34. The second kappa shape index (κ2) is 12.4. The molecule has 2 aromatic heterocycles. The summed E-state index contributed by atoms with van der Waals surface area (Å²) in [4.78, 5) is 73.9. The number of ether oxygens (including phenoxy) is 2. The van der Waals surface area contributed by atoms with E-state index in [-0.39, 0.29) is 27.6 Å². The van der Waals surface area contributed by atoms with Crippen molar-refractivity contribution in [3.63, 3.8) is 0 Å². The number of carbonyl (C=O) groups excluding carboxylic acids is 4. The Morgan fingerprint density at radius 1 is 1.36 bits per heavy atom. The smallest absolute Gasteiger partial charge is 0.394 e. The third kappa shape index (κ3) is 6.60. The van der Waals surface area contributed by atoms with Crippen molar-refractivity contribution in [1.29, 1.82) is 0 Å². The van der Waals surface area contributed by atoms with E-state index in [4.69, 9.17) is 24.6 Å². The Labute approximate surface area is 240 Å². The van der Waals surface area contributed by atoms with E-state index < -0.39 is 74.9 Å². The topological polar surface area (TPSA) is 278 Å². The summed E-state index contributed by atoms with van der Waals surface area (Å²) in [5, 5.41) is 18.6. The summed E-state index contributed by atoms with van der Waals surface area (Å²) < 4.78 is 42.7. The number of anilines is 1. The number of rotatable bonds is 12. The number of nitrogens with zero attached hydrogens (tertiary/aromatic N) is 6. The molecule has 1 aliphatic rings. The van der Waals surface area contributed by atoms with Crippen molar-refractivity contribution in [3.05, 3.63) is 33.2 Å². The van der Waals surface area contributed by atoms with Gasteiger partial charge in [-0.05, 0) is 25.7 Å². The molecule has 3 rings (SSSR count). The van der Waals surface area contributed by atoms with Gasteiger partial charge in [0.25, 0.3) is 11.8 Å². The minimum Gasteiger partial charge on any atom is -0.460 e. The summed E-state index contributed by atoms with van der Waals surface area (Å²) in [6.45, 7) is 5.01. The lowest BCUT2D eigenvalue weighted by Crippen LogP contribution is -2.71. The highest BCUT2D eigenvalue weighted by Crippen LogP contribution is 2.25. The zero-order valence-electron chi connectivity index (χ0n) is 22.2. The van der Waals surface area contributed by atoms with Crippen molar-refractivity contribution < 1.29 is 51.4 Å². The van der Waals surface area contributed by atoms with Gasteiger partial charge in [-0.3, -0.25) is 14.1 Å². The third-order valence-electron chi connectivity index (χ3n) is 5.58. The molecular weight excluding hydrogens is 608 g/mol. The molecule has 0 saturated carbocycles. The van der Waals surface area contributed by atoms with Crippen LogP contribution in [0.4, 0.5) is 10.9 Å². The van der Waals surface area contributed by atoms with Gasteiger partial charge in [0.2, 0.25) is 6.10 Å². The largest absolute Gasteiger partial charge is 0.460 e. The molecule has 0 aromatic carbocycles. The lowest BCUT2D eigenvalue weighted by Gasteiger charge is -2.42. The van der Waals surface area contributed by atoms with Crippen LogP contribution >= 0.6 is 11.3 Å². The average molecular weight is 633 g/mol. The summed E-state index contributed by atoms with van der Waals surface area (Å²) in [5.41, 5.74) is 4.89. The van der Waals surface area contributed by atoms with Crippen molar-refractivity contribution in [3.8, 4) is 0 Å². The Hall–Kier alpha value is -4.70. The fourth-order valence-corrected chi connectivity index (χ4v) is 5.01. The summed E-state index contributed by atoms with van der Waals surface area (Å²) in [6.07, 6.45) is -2.75. The molecule has 228 valence electrons. The van der Waals surface area contributed by atoms with Crippen LogP contribution in [0.2, 0.25) is 0 Å². The number of carbonyl (C=O) groups is 4. The van der Waals surface area contributed by atoms with Crippen molar-refractivity contribution in [1.82, 2.24) is 24.2 Å². The van der Waals surface area contributed by atoms with Gasteiger partial charge in [-0.15, -0.1) is 11.3 Å². The number of esters is 2. The highest BCUT2D eigenvalue weighted by Gasteiger charge is 2.51. The number of nitrogens with one attached hydrogen (secondary N) is 1. The van der Waals surface area contributed by atoms with E-state index in [1.54, 1.807) is 0 Å². The standard InChI is InChI=1S/C20H24N8O12S2/c1-5-38-19(32)17(26-10(4)22-6-12(26)28(33)34)39-18(31)9(3)40-25-14(11-7-41-20(21)23-11)15(29)24-13-8(2)27(16(13)30)42(35,36)37/h6-9,13,17H,5H2,1-4H3,(H2,21,23)(H,24,29)(H,35,36,37)/b25-14-/t8-,9?,13-,17?/m0/s1. The molecule has 42 heavy (non-hydrogen) atoms. The van der Waals surface area contributed by atoms with Crippen LogP contribution in [-0.2, 0) is 43.8 Å². The van der Waals surface area contributed by atoms with E-state index in [9.17, 15) is 37.7 Å². The van der Waals surface area contributed by atoms with Crippen molar-refractivity contribution in [2.45, 2.75) is 52.1 Å². The second-order valence-electron chi connectivity index (χ2n) is 8.39. The van der Waals surface area contributed by atoms with Gasteiger partial charge in [-0.1, -0.05) is 5.16 Å². The van der Waals surface area contributed by atoms with Crippen molar-refractivity contribution in [2.24, 2.45) is 5.16 Å². The summed E-state index contributed by atoms with van der Waals surface area (Å²) >= 11 is 0.910. The van der Waals surface area contributed by atoms with Crippen molar-refractivity contribution in [2.75, 3.05) is 12.3 Å². The molecular formula is C20H24N8O12S2. The molecule has 1 aliphatic heterocycles. The monoisotopic (exact) mass is 632 g/mol. The molecule has 4 N–H and O–H groups in total. The Morgan fingerprint density at radius 2 is 2.02 bits per heavy atom. The minimum absolute atomic E-state index is 0.0122. The lowest BCUT2D eigenvalue weighted by atomic mass is 10.0. The number of hydrogen-bond acceptors (Lipinski definition) is 16. The predicted octanol–water partition coefficient (Wildman–Crippen LogP) is -0.929. The molecule has 3 heterocycles. The van der Waals surface area contributed by atoms with E-state index in [2.05, 4.69) is 20.4 Å². The Bertz CT molecular complexity index is 1550. The molecule has 2 amide bonds. The first-order chi connectivity index (χ1) is 19.6. The number of aryl methyl sites for hydroxylation is 1. The second-order valence-corrected chi connectivity index (χ2v) is 10.6. The zero-order valence-corrected chi connectivity index (χ0v) is 23.8. The maximum atomic E-state index is 13.0. The molecule has 22 heteroatoms. The van der Waals surface area contributed by atoms with Crippen LogP contribution in [0.3, 0.4) is 0 Å². The van der Waals surface area contributed by atoms with E-state index >= 15 is 0 Å². The molecule has 2 aromatic rings.